The van der Waals surface area contributed by atoms with Gasteiger partial charge in [0, 0.05) is 12.8 Å². The van der Waals surface area contributed by atoms with Crippen LogP contribution < -0.4 is 33.2 Å². The van der Waals surface area contributed by atoms with Gasteiger partial charge in [0.15, 0.2) is 0 Å². The molecule has 0 aliphatic heterocycles. The summed E-state index contributed by atoms with van der Waals surface area (Å²) >= 11 is 0. The Balaban J connectivity index is 3.04. The number of hydrogen-bond donors (Lipinski definition) is 7. The fourth-order valence-electron chi connectivity index (χ4n) is 3.21. The third-order valence-electron chi connectivity index (χ3n) is 5.20. The first-order valence-corrected chi connectivity index (χ1v) is 11.5. The highest BCUT2D eigenvalue weighted by molar-refractivity contribution is 5.94. The van der Waals surface area contributed by atoms with Gasteiger partial charge in [-0.1, -0.05) is 30.3 Å². The maximum atomic E-state index is 13.1. The van der Waals surface area contributed by atoms with E-state index in [-0.39, 0.29) is 25.7 Å². The molecular weight excluding hydrogens is 456 g/mol. The van der Waals surface area contributed by atoms with Crippen LogP contribution in [0.5, 0.6) is 0 Å². The standard InChI is InChI=1S/C23H36N6O6/c1-14(25)20(31)29-18(13-15-7-3-2-4-8-15)22(33)27-16(10-11-19(26)30)21(32)28-17(23(34)35)9-5-6-12-24/h2-4,7-8,14,16-18H,5-6,9-13,24-25H2,1H3,(H2,26,30)(H,27,33)(H,28,32)(H,29,31)(H,34,35). The molecule has 194 valence electrons. The van der Waals surface area contributed by atoms with Gasteiger partial charge in [0.2, 0.25) is 23.6 Å². The average Bonchev–Trinajstić information content (AvgIpc) is 2.80. The molecule has 0 radical (unpaired) electrons. The molecule has 0 bridgehead atoms. The Labute approximate surface area is 204 Å². The number of hydrogen-bond acceptors (Lipinski definition) is 7. The van der Waals surface area contributed by atoms with Gasteiger partial charge < -0.3 is 38.3 Å². The number of carbonyl (C=O) groups is 5. The quantitative estimate of drug-likeness (QED) is 0.134. The van der Waals surface area contributed by atoms with Crippen LogP contribution in [-0.2, 0) is 30.4 Å². The Morgan fingerprint density at radius 1 is 0.857 bits per heavy atom. The molecule has 12 heteroatoms. The molecule has 0 heterocycles. The van der Waals surface area contributed by atoms with Crippen LogP contribution in [0, 0.1) is 0 Å². The Kier molecular flexibility index (Phi) is 13.0. The molecule has 35 heavy (non-hydrogen) atoms. The van der Waals surface area contributed by atoms with Crippen molar-refractivity contribution in [3.63, 3.8) is 0 Å². The van der Waals surface area contributed by atoms with Crippen molar-refractivity contribution < 1.29 is 29.1 Å². The average molecular weight is 493 g/mol. The van der Waals surface area contributed by atoms with E-state index in [9.17, 15) is 29.1 Å². The van der Waals surface area contributed by atoms with E-state index in [1.54, 1.807) is 30.3 Å². The zero-order valence-corrected chi connectivity index (χ0v) is 19.9. The summed E-state index contributed by atoms with van der Waals surface area (Å²) in [7, 11) is 0. The molecule has 4 amide bonds. The van der Waals surface area contributed by atoms with Crippen LogP contribution in [0.4, 0.5) is 0 Å². The SMILES string of the molecule is CC(N)C(=O)NC(Cc1ccccc1)C(=O)NC(CCC(N)=O)C(=O)NC(CCCCN)C(=O)O. The van der Waals surface area contributed by atoms with E-state index in [0.717, 1.165) is 5.56 Å². The minimum Gasteiger partial charge on any atom is -0.480 e. The number of benzene rings is 1. The lowest BCUT2D eigenvalue weighted by atomic mass is 10.0. The van der Waals surface area contributed by atoms with Crippen molar-refractivity contribution in [3.8, 4) is 0 Å². The van der Waals surface area contributed by atoms with Gasteiger partial charge >= 0.3 is 5.97 Å². The largest absolute Gasteiger partial charge is 0.480 e. The maximum Gasteiger partial charge on any atom is 0.326 e. The molecule has 1 aromatic carbocycles. The minimum absolute atomic E-state index is 0.117. The zero-order valence-electron chi connectivity index (χ0n) is 19.9. The van der Waals surface area contributed by atoms with E-state index < -0.39 is 53.8 Å². The van der Waals surface area contributed by atoms with Crippen molar-refractivity contribution >= 4 is 29.6 Å². The predicted molar refractivity (Wildman–Crippen MR) is 129 cm³/mol. The van der Waals surface area contributed by atoms with Crippen LogP contribution in [-0.4, -0.2) is 65.4 Å². The van der Waals surface area contributed by atoms with Gasteiger partial charge in [-0.25, -0.2) is 4.79 Å². The number of aliphatic carboxylic acids is 1. The van der Waals surface area contributed by atoms with E-state index in [1.807, 2.05) is 0 Å². The van der Waals surface area contributed by atoms with Crippen LogP contribution in [0.2, 0.25) is 0 Å². The third-order valence-corrected chi connectivity index (χ3v) is 5.20. The van der Waals surface area contributed by atoms with Gasteiger partial charge in [0.25, 0.3) is 0 Å². The van der Waals surface area contributed by atoms with Crippen LogP contribution in [0.15, 0.2) is 30.3 Å². The monoisotopic (exact) mass is 492 g/mol. The van der Waals surface area contributed by atoms with Crippen LogP contribution in [0.3, 0.4) is 0 Å². The second-order valence-corrected chi connectivity index (χ2v) is 8.29. The molecular formula is C23H36N6O6. The van der Waals surface area contributed by atoms with Gasteiger partial charge in [0.1, 0.15) is 18.1 Å². The molecule has 12 nitrogen and oxygen atoms in total. The number of primary amides is 1. The molecule has 1 rings (SSSR count). The Bertz CT molecular complexity index is 863. The molecule has 0 aliphatic carbocycles. The van der Waals surface area contributed by atoms with Crippen LogP contribution >= 0.6 is 0 Å². The van der Waals surface area contributed by atoms with Crippen molar-refractivity contribution in [1.82, 2.24) is 16.0 Å². The Morgan fingerprint density at radius 2 is 1.43 bits per heavy atom. The van der Waals surface area contributed by atoms with Crippen molar-refractivity contribution in [3.05, 3.63) is 35.9 Å². The molecule has 0 aromatic heterocycles. The highest BCUT2D eigenvalue weighted by atomic mass is 16.4. The normalized spacial score (nSPS) is 14.1. The van der Waals surface area contributed by atoms with E-state index >= 15 is 0 Å². The number of nitrogens with one attached hydrogen (secondary N) is 3. The third kappa shape index (κ3) is 11.5. The molecule has 0 spiro atoms. The number of unbranched alkanes of at least 4 members (excludes halogenated alkanes) is 1. The van der Waals surface area contributed by atoms with Gasteiger partial charge in [-0.05, 0) is 44.7 Å². The summed E-state index contributed by atoms with van der Waals surface area (Å²) < 4.78 is 0. The molecule has 4 atom stereocenters. The summed E-state index contributed by atoms with van der Waals surface area (Å²) in [6.45, 7) is 1.85. The lowest BCUT2D eigenvalue weighted by Gasteiger charge is -2.25. The van der Waals surface area contributed by atoms with Crippen molar-refractivity contribution in [2.75, 3.05) is 6.54 Å². The highest BCUT2D eigenvalue weighted by Gasteiger charge is 2.30. The molecule has 0 saturated heterocycles. The highest BCUT2D eigenvalue weighted by Crippen LogP contribution is 2.07. The van der Waals surface area contributed by atoms with E-state index in [1.165, 1.54) is 6.92 Å². The van der Waals surface area contributed by atoms with E-state index in [4.69, 9.17) is 17.2 Å². The lowest BCUT2D eigenvalue weighted by molar-refractivity contribution is -0.142. The van der Waals surface area contributed by atoms with Crippen LogP contribution in [0.25, 0.3) is 0 Å². The van der Waals surface area contributed by atoms with Gasteiger partial charge in [0.05, 0.1) is 6.04 Å². The van der Waals surface area contributed by atoms with E-state index in [0.29, 0.717) is 19.4 Å². The number of carbonyl (C=O) groups excluding carboxylic acids is 4. The Morgan fingerprint density at radius 3 is 1.97 bits per heavy atom. The summed E-state index contributed by atoms with van der Waals surface area (Å²) in [6, 6.07) is 4.50. The van der Waals surface area contributed by atoms with Gasteiger partial charge in [-0.15, -0.1) is 0 Å². The van der Waals surface area contributed by atoms with Crippen molar-refractivity contribution in [1.29, 1.82) is 0 Å². The van der Waals surface area contributed by atoms with E-state index in [2.05, 4.69) is 16.0 Å². The summed E-state index contributed by atoms with van der Waals surface area (Å²) in [6.07, 6.45) is 0.957. The van der Waals surface area contributed by atoms with Crippen molar-refractivity contribution in [2.45, 2.75) is 69.6 Å². The van der Waals surface area contributed by atoms with Gasteiger partial charge in [-0.2, -0.15) is 0 Å². The number of amides is 4. The van der Waals surface area contributed by atoms with Crippen molar-refractivity contribution in [2.24, 2.45) is 17.2 Å². The number of nitrogens with two attached hydrogens (primary N) is 3. The summed E-state index contributed by atoms with van der Waals surface area (Å²) in [5.41, 5.74) is 17.0. The summed E-state index contributed by atoms with van der Waals surface area (Å²) in [5, 5.41) is 16.9. The molecule has 0 aliphatic rings. The fraction of sp³-hybridized carbons (Fsp3) is 0.522. The fourth-order valence-corrected chi connectivity index (χ4v) is 3.21. The summed E-state index contributed by atoms with van der Waals surface area (Å²) in [4.78, 5) is 61.1. The first-order valence-electron chi connectivity index (χ1n) is 11.5. The second kappa shape index (κ2) is 15.4. The summed E-state index contributed by atoms with van der Waals surface area (Å²) in [5.74, 6) is -3.97. The molecule has 4 unspecified atom stereocenters. The zero-order chi connectivity index (χ0) is 26.4. The number of rotatable bonds is 16. The predicted octanol–water partition coefficient (Wildman–Crippen LogP) is -1.49. The molecule has 0 saturated carbocycles. The lowest BCUT2D eigenvalue weighted by Crippen LogP contribution is -2.57. The van der Waals surface area contributed by atoms with Crippen LogP contribution in [0.1, 0.15) is 44.6 Å². The Hall–Kier alpha value is -3.51. The number of carboxylic acids is 1. The topological polar surface area (TPSA) is 220 Å². The molecule has 1 aromatic rings. The first kappa shape index (κ1) is 29.5. The molecule has 10 N–H and O–H groups in total. The number of carboxylic acid groups (broad SMARTS) is 1. The molecule has 0 fully saturated rings. The first-order chi connectivity index (χ1) is 16.5. The maximum absolute atomic E-state index is 13.1. The smallest absolute Gasteiger partial charge is 0.326 e. The van der Waals surface area contributed by atoms with Gasteiger partial charge in [-0.3, -0.25) is 19.2 Å². The second-order valence-electron chi connectivity index (χ2n) is 8.29. The minimum atomic E-state index is -1.25.